The van der Waals surface area contributed by atoms with E-state index in [1.54, 1.807) is 16.9 Å². The van der Waals surface area contributed by atoms with Gasteiger partial charge in [-0.2, -0.15) is 10.1 Å². The molecule has 152 valence electrons. The summed E-state index contributed by atoms with van der Waals surface area (Å²) in [6.07, 6.45) is 3.08. The monoisotopic (exact) mass is 395 g/mol. The molecule has 1 aromatic carbocycles. The van der Waals surface area contributed by atoms with Crippen molar-refractivity contribution < 1.29 is 14.1 Å². The van der Waals surface area contributed by atoms with Crippen LogP contribution in [0.3, 0.4) is 0 Å². The topological polar surface area (TPSA) is 86.3 Å². The van der Waals surface area contributed by atoms with Crippen LogP contribution in [0.15, 0.2) is 47.1 Å². The lowest BCUT2D eigenvalue weighted by atomic mass is 10.1. The molecule has 1 atom stereocenters. The molecule has 1 amide bonds. The van der Waals surface area contributed by atoms with Crippen LogP contribution >= 0.6 is 0 Å². The van der Waals surface area contributed by atoms with Crippen LogP contribution in [0.2, 0.25) is 0 Å². The van der Waals surface area contributed by atoms with Gasteiger partial charge in [0.25, 0.3) is 5.91 Å². The van der Waals surface area contributed by atoms with Crippen molar-refractivity contribution in [3.63, 3.8) is 0 Å². The van der Waals surface area contributed by atoms with Gasteiger partial charge in [0.05, 0.1) is 19.1 Å². The van der Waals surface area contributed by atoms with E-state index in [2.05, 4.69) is 15.2 Å². The summed E-state index contributed by atoms with van der Waals surface area (Å²) in [5.41, 5.74) is 1.76. The Balaban J connectivity index is 1.27. The standard InChI is InChI=1S/C21H25N5O3/c1-2-26-18(8-11-22-26)21(27)25-12-9-17(14-25)20-23-19(24-29-20)10-13-28-15-16-6-4-3-5-7-16/h3-8,11,17H,2,9-10,12-15H2,1H3. The van der Waals surface area contributed by atoms with Gasteiger partial charge in [-0.3, -0.25) is 9.48 Å². The molecule has 3 aromatic rings. The zero-order valence-electron chi connectivity index (χ0n) is 16.5. The van der Waals surface area contributed by atoms with Gasteiger partial charge >= 0.3 is 0 Å². The van der Waals surface area contributed by atoms with E-state index < -0.39 is 0 Å². The SMILES string of the molecule is CCn1nccc1C(=O)N1CCC(c2nc(CCOCc3ccccc3)no2)C1. The molecule has 8 nitrogen and oxygen atoms in total. The molecule has 0 aliphatic carbocycles. The Morgan fingerprint density at radius 3 is 2.97 bits per heavy atom. The van der Waals surface area contributed by atoms with E-state index in [0.717, 1.165) is 12.0 Å². The fourth-order valence-electron chi connectivity index (χ4n) is 3.54. The second-order valence-corrected chi connectivity index (χ2v) is 7.11. The number of carbonyl (C=O) groups is 1. The van der Waals surface area contributed by atoms with E-state index in [0.29, 0.717) is 56.7 Å². The van der Waals surface area contributed by atoms with Gasteiger partial charge in [-0.1, -0.05) is 35.5 Å². The summed E-state index contributed by atoms with van der Waals surface area (Å²) in [5, 5.41) is 8.25. The lowest BCUT2D eigenvalue weighted by Crippen LogP contribution is -2.30. The number of nitrogens with zero attached hydrogens (tertiary/aromatic N) is 5. The molecular weight excluding hydrogens is 370 g/mol. The highest BCUT2D eigenvalue weighted by Gasteiger charge is 2.32. The second-order valence-electron chi connectivity index (χ2n) is 7.11. The number of likely N-dealkylation sites (tertiary alicyclic amines) is 1. The van der Waals surface area contributed by atoms with Gasteiger partial charge in [-0.25, -0.2) is 0 Å². The third kappa shape index (κ3) is 4.54. The Morgan fingerprint density at radius 1 is 1.28 bits per heavy atom. The normalized spacial score (nSPS) is 16.4. The van der Waals surface area contributed by atoms with Gasteiger partial charge in [-0.05, 0) is 25.0 Å². The zero-order chi connectivity index (χ0) is 20.1. The Labute approximate surface area is 169 Å². The Morgan fingerprint density at radius 2 is 2.14 bits per heavy atom. The summed E-state index contributed by atoms with van der Waals surface area (Å²) < 4.78 is 12.9. The van der Waals surface area contributed by atoms with E-state index in [1.807, 2.05) is 42.2 Å². The van der Waals surface area contributed by atoms with Gasteiger partial charge in [0.1, 0.15) is 5.69 Å². The molecule has 0 spiro atoms. The molecular formula is C21H25N5O3. The van der Waals surface area contributed by atoms with E-state index in [9.17, 15) is 4.79 Å². The van der Waals surface area contributed by atoms with E-state index >= 15 is 0 Å². The summed E-state index contributed by atoms with van der Waals surface area (Å²) in [5.74, 6) is 1.31. The van der Waals surface area contributed by atoms with Crippen molar-refractivity contribution in [3.05, 3.63) is 65.6 Å². The number of carbonyl (C=O) groups excluding carboxylic acids is 1. The molecule has 0 radical (unpaired) electrons. The molecule has 1 saturated heterocycles. The minimum Gasteiger partial charge on any atom is -0.376 e. The first kappa shape index (κ1) is 19.3. The zero-order valence-corrected chi connectivity index (χ0v) is 16.5. The first-order valence-electron chi connectivity index (χ1n) is 10.00. The summed E-state index contributed by atoms with van der Waals surface area (Å²) in [6.45, 7) is 5.00. The maximum absolute atomic E-state index is 12.7. The van der Waals surface area contributed by atoms with Crippen LogP contribution < -0.4 is 0 Å². The minimum absolute atomic E-state index is 0.000834. The maximum Gasteiger partial charge on any atom is 0.272 e. The summed E-state index contributed by atoms with van der Waals surface area (Å²) in [6, 6.07) is 11.8. The van der Waals surface area contributed by atoms with Crippen LogP contribution in [-0.4, -0.2) is 50.4 Å². The second kappa shape index (κ2) is 9.00. The van der Waals surface area contributed by atoms with Gasteiger partial charge in [0.15, 0.2) is 5.82 Å². The average Bonchev–Trinajstić information content (AvgIpc) is 3.51. The quantitative estimate of drug-likeness (QED) is 0.545. The fraction of sp³-hybridized carbons (Fsp3) is 0.429. The number of ether oxygens (including phenoxy) is 1. The van der Waals surface area contributed by atoms with Crippen LogP contribution in [0.1, 0.15) is 47.0 Å². The van der Waals surface area contributed by atoms with Crippen molar-refractivity contribution in [1.29, 1.82) is 0 Å². The number of hydrogen-bond donors (Lipinski definition) is 0. The lowest BCUT2D eigenvalue weighted by Gasteiger charge is -2.16. The molecule has 1 unspecified atom stereocenters. The van der Waals surface area contributed by atoms with E-state index in [1.165, 1.54) is 0 Å². The smallest absolute Gasteiger partial charge is 0.272 e. The molecule has 0 N–H and O–H groups in total. The highest BCUT2D eigenvalue weighted by atomic mass is 16.5. The summed E-state index contributed by atoms with van der Waals surface area (Å²) >= 11 is 0. The van der Waals surface area contributed by atoms with Crippen LogP contribution in [0.25, 0.3) is 0 Å². The van der Waals surface area contributed by atoms with Crippen LogP contribution in [-0.2, 0) is 24.3 Å². The lowest BCUT2D eigenvalue weighted by molar-refractivity contribution is 0.0777. The van der Waals surface area contributed by atoms with Crippen molar-refractivity contribution in [2.75, 3.05) is 19.7 Å². The highest BCUT2D eigenvalue weighted by molar-refractivity contribution is 5.92. The molecule has 29 heavy (non-hydrogen) atoms. The molecule has 4 rings (SSSR count). The fourth-order valence-corrected chi connectivity index (χ4v) is 3.54. The molecule has 0 saturated carbocycles. The third-order valence-electron chi connectivity index (χ3n) is 5.13. The summed E-state index contributed by atoms with van der Waals surface area (Å²) in [4.78, 5) is 19.1. The molecule has 1 fully saturated rings. The molecule has 0 bridgehead atoms. The number of rotatable bonds is 8. The van der Waals surface area contributed by atoms with Crippen molar-refractivity contribution in [1.82, 2.24) is 24.8 Å². The number of hydrogen-bond acceptors (Lipinski definition) is 6. The maximum atomic E-state index is 12.7. The molecule has 3 heterocycles. The molecule has 2 aromatic heterocycles. The van der Waals surface area contributed by atoms with Crippen molar-refractivity contribution in [2.45, 2.75) is 38.8 Å². The number of aromatic nitrogens is 4. The van der Waals surface area contributed by atoms with Crippen molar-refractivity contribution in [2.24, 2.45) is 0 Å². The minimum atomic E-state index is 0.000834. The van der Waals surface area contributed by atoms with Crippen molar-refractivity contribution in [3.8, 4) is 0 Å². The first-order valence-corrected chi connectivity index (χ1v) is 10.00. The molecule has 1 aliphatic rings. The number of aryl methyl sites for hydroxylation is 1. The number of amides is 1. The van der Waals surface area contributed by atoms with Crippen molar-refractivity contribution >= 4 is 5.91 Å². The Kier molecular flexibility index (Phi) is 6.00. The van der Waals surface area contributed by atoms with Crippen LogP contribution in [0.4, 0.5) is 0 Å². The van der Waals surface area contributed by atoms with Gasteiger partial charge in [-0.15, -0.1) is 0 Å². The van der Waals surface area contributed by atoms with E-state index in [-0.39, 0.29) is 11.8 Å². The van der Waals surface area contributed by atoms with Gasteiger partial charge < -0.3 is 14.2 Å². The largest absolute Gasteiger partial charge is 0.376 e. The van der Waals surface area contributed by atoms with Crippen LogP contribution in [0.5, 0.6) is 0 Å². The Bertz CT molecular complexity index is 937. The summed E-state index contributed by atoms with van der Waals surface area (Å²) in [7, 11) is 0. The first-order chi connectivity index (χ1) is 14.2. The van der Waals surface area contributed by atoms with Gasteiger partial charge in [0, 0.05) is 32.3 Å². The van der Waals surface area contributed by atoms with Gasteiger partial charge in [0.2, 0.25) is 5.89 Å². The van der Waals surface area contributed by atoms with E-state index in [4.69, 9.17) is 9.26 Å². The third-order valence-corrected chi connectivity index (χ3v) is 5.13. The number of benzene rings is 1. The molecule has 1 aliphatic heterocycles. The average molecular weight is 395 g/mol. The highest BCUT2D eigenvalue weighted by Crippen LogP contribution is 2.27. The van der Waals surface area contributed by atoms with Crippen LogP contribution in [0, 0.1) is 0 Å². The predicted octanol–water partition coefficient (Wildman–Crippen LogP) is 2.68. The Hall–Kier alpha value is -3.00. The molecule has 8 heteroatoms. The predicted molar refractivity (Wildman–Crippen MR) is 105 cm³/mol.